The molecule has 0 amide bonds. The van der Waals surface area contributed by atoms with Crippen molar-refractivity contribution in [2.45, 2.75) is 0 Å². The summed E-state index contributed by atoms with van der Waals surface area (Å²) in [6, 6.07) is 1.51. The summed E-state index contributed by atoms with van der Waals surface area (Å²) in [5.41, 5.74) is 4.85. The van der Waals surface area contributed by atoms with Crippen molar-refractivity contribution in [3.05, 3.63) is 23.5 Å². The number of phenolic OH excluding ortho intramolecular Hbond substituents is 2. The molecule has 0 spiro atoms. The average Bonchev–Trinajstić information content (AvgIpc) is 2.10. The summed E-state index contributed by atoms with van der Waals surface area (Å²) in [4.78, 5) is 11.0. The van der Waals surface area contributed by atoms with Gasteiger partial charge in [-0.05, 0) is 6.07 Å². The van der Waals surface area contributed by atoms with Gasteiger partial charge in [0.2, 0.25) is 0 Å². The van der Waals surface area contributed by atoms with Gasteiger partial charge >= 0.3 is 0 Å². The van der Waals surface area contributed by atoms with E-state index < -0.39 is 23.1 Å². The normalized spacial score (nSPS) is 10.0. The molecule has 13 heavy (non-hydrogen) atoms. The minimum atomic E-state index is -0.980. The van der Waals surface area contributed by atoms with Gasteiger partial charge in [-0.15, -0.1) is 0 Å². The quantitative estimate of drug-likeness (QED) is 0.459. The van der Waals surface area contributed by atoms with Crippen LogP contribution in [0.2, 0.25) is 0 Å². The van der Waals surface area contributed by atoms with Crippen molar-refractivity contribution in [3.63, 3.8) is 0 Å². The molecule has 5 heteroatoms. The predicted octanol–water partition coefficient (Wildman–Crippen LogP) is 0.378. The minimum absolute atomic E-state index is 0.179. The fourth-order valence-electron chi connectivity index (χ4n) is 0.885. The maximum Gasteiger partial charge on any atom is 0.180 e. The SMILES string of the molecule is NCC(=O)c1cc(O)c(F)cc1O. The predicted molar refractivity (Wildman–Crippen MR) is 43.1 cm³/mol. The fraction of sp³-hybridized carbons (Fsp3) is 0.125. The Labute approximate surface area is 73.4 Å². The summed E-state index contributed by atoms with van der Waals surface area (Å²) in [5.74, 6) is -2.75. The molecule has 4 nitrogen and oxygen atoms in total. The Balaban J connectivity index is 3.23. The molecule has 0 unspecified atom stereocenters. The van der Waals surface area contributed by atoms with Crippen molar-refractivity contribution in [2.24, 2.45) is 5.73 Å². The minimum Gasteiger partial charge on any atom is -0.507 e. The van der Waals surface area contributed by atoms with E-state index in [-0.39, 0.29) is 12.1 Å². The summed E-state index contributed by atoms with van der Waals surface area (Å²) in [6.07, 6.45) is 0. The van der Waals surface area contributed by atoms with Crippen molar-refractivity contribution in [3.8, 4) is 11.5 Å². The third-order valence-corrected chi connectivity index (χ3v) is 1.55. The summed E-state index contributed by atoms with van der Waals surface area (Å²) < 4.78 is 12.6. The Morgan fingerprint density at radius 3 is 2.54 bits per heavy atom. The van der Waals surface area contributed by atoms with Crippen LogP contribution in [0.3, 0.4) is 0 Å². The third-order valence-electron chi connectivity index (χ3n) is 1.55. The summed E-state index contributed by atoms with van der Waals surface area (Å²) in [6.45, 7) is -0.307. The van der Waals surface area contributed by atoms with E-state index in [0.29, 0.717) is 6.07 Å². The molecule has 1 rings (SSSR count). The van der Waals surface area contributed by atoms with E-state index in [9.17, 15) is 9.18 Å². The number of benzene rings is 1. The number of phenols is 2. The van der Waals surface area contributed by atoms with Crippen LogP contribution in [0, 0.1) is 5.82 Å². The monoisotopic (exact) mass is 185 g/mol. The second-order valence-corrected chi connectivity index (χ2v) is 2.45. The number of halogens is 1. The number of hydrogen-bond acceptors (Lipinski definition) is 4. The van der Waals surface area contributed by atoms with Crippen molar-refractivity contribution >= 4 is 5.78 Å². The summed E-state index contributed by atoms with van der Waals surface area (Å²) in [7, 11) is 0. The number of carbonyl (C=O) groups is 1. The molecule has 4 N–H and O–H groups in total. The van der Waals surface area contributed by atoms with Gasteiger partial charge in [0, 0.05) is 6.07 Å². The molecule has 0 aromatic heterocycles. The summed E-state index contributed by atoms with van der Waals surface area (Å²) >= 11 is 0. The van der Waals surface area contributed by atoms with E-state index in [0.717, 1.165) is 6.07 Å². The van der Waals surface area contributed by atoms with E-state index in [1.807, 2.05) is 0 Å². The molecule has 0 aliphatic rings. The van der Waals surface area contributed by atoms with Gasteiger partial charge in [-0.2, -0.15) is 0 Å². The molecule has 0 saturated heterocycles. The highest BCUT2D eigenvalue weighted by Crippen LogP contribution is 2.25. The lowest BCUT2D eigenvalue weighted by atomic mass is 10.1. The highest BCUT2D eigenvalue weighted by molar-refractivity contribution is 6.00. The molecule has 0 aliphatic carbocycles. The smallest absolute Gasteiger partial charge is 0.180 e. The molecule has 0 saturated carbocycles. The average molecular weight is 185 g/mol. The highest BCUT2D eigenvalue weighted by atomic mass is 19.1. The van der Waals surface area contributed by atoms with E-state index >= 15 is 0 Å². The fourth-order valence-corrected chi connectivity index (χ4v) is 0.885. The molecule has 0 fully saturated rings. The van der Waals surface area contributed by atoms with Gasteiger partial charge in [-0.3, -0.25) is 4.79 Å². The van der Waals surface area contributed by atoms with Crippen molar-refractivity contribution in [1.82, 2.24) is 0 Å². The Morgan fingerprint density at radius 1 is 1.38 bits per heavy atom. The maximum atomic E-state index is 12.6. The molecule has 0 atom stereocenters. The number of hydrogen-bond donors (Lipinski definition) is 3. The van der Waals surface area contributed by atoms with Crippen LogP contribution in [-0.4, -0.2) is 22.5 Å². The number of carbonyl (C=O) groups excluding carboxylic acids is 1. The number of ketones is 1. The van der Waals surface area contributed by atoms with Gasteiger partial charge in [-0.25, -0.2) is 4.39 Å². The second kappa shape index (κ2) is 3.40. The molecule has 1 aromatic rings. The highest BCUT2D eigenvalue weighted by Gasteiger charge is 2.13. The molecule has 1 aromatic carbocycles. The molecule has 0 aliphatic heterocycles. The van der Waals surface area contributed by atoms with Crippen LogP contribution in [0.25, 0.3) is 0 Å². The Bertz CT molecular complexity index is 351. The van der Waals surface area contributed by atoms with E-state index in [1.54, 1.807) is 0 Å². The lowest BCUT2D eigenvalue weighted by Crippen LogP contribution is -2.13. The van der Waals surface area contributed by atoms with Crippen LogP contribution in [0.5, 0.6) is 11.5 Å². The molecular weight excluding hydrogens is 177 g/mol. The van der Waals surface area contributed by atoms with E-state index in [4.69, 9.17) is 15.9 Å². The van der Waals surface area contributed by atoms with Crippen LogP contribution < -0.4 is 5.73 Å². The maximum absolute atomic E-state index is 12.6. The zero-order chi connectivity index (χ0) is 10.0. The molecule has 70 valence electrons. The second-order valence-electron chi connectivity index (χ2n) is 2.45. The molecule has 0 bridgehead atoms. The van der Waals surface area contributed by atoms with Crippen LogP contribution in [-0.2, 0) is 0 Å². The van der Waals surface area contributed by atoms with Gasteiger partial charge in [0.05, 0.1) is 12.1 Å². The molecule has 0 heterocycles. The Hall–Kier alpha value is -1.62. The van der Waals surface area contributed by atoms with Gasteiger partial charge in [0.25, 0.3) is 0 Å². The van der Waals surface area contributed by atoms with Crippen LogP contribution >= 0.6 is 0 Å². The zero-order valence-corrected chi connectivity index (χ0v) is 6.62. The van der Waals surface area contributed by atoms with Gasteiger partial charge in [0.1, 0.15) is 5.75 Å². The number of Topliss-reactive ketones (excluding diaryl/α,β-unsaturated/α-hetero) is 1. The van der Waals surface area contributed by atoms with Gasteiger partial charge in [-0.1, -0.05) is 0 Å². The standard InChI is InChI=1S/C8H8FNO3/c9-5-2-6(11)4(1-7(5)12)8(13)3-10/h1-2,11-12H,3,10H2. The Kier molecular flexibility index (Phi) is 2.48. The third kappa shape index (κ3) is 1.75. The number of aromatic hydroxyl groups is 2. The first-order valence-corrected chi connectivity index (χ1v) is 3.51. The van der Waals surface area contributed by atoms with Crippen molar-refractivity contribution in [2.75, 3.05) is 6.54 Å². The van der Waals surface area contributed by atoms with E-state index in [2.05, 4.69) is 0 Å². The number of nitrogens with two attached hydrogens (primary N) is 1. The van der Waals surface area contributed by atoms with Crippen LogP contribution in [0.15, 0.2) is 12.1 Å². The van der Waals surface area contributed by atoms with Crippen molar-refractivity contribution < 1.29 is 19.4 Å². The molecule has 0 radical (unpaired) electrons. The number of rotatable bonds is 2. The Morgan fingerprint density at radius 2 is 2.00 bits per heavy atom. The zero-order valence-electron chi connectivity index (χ0n) is 6.62. The van der Waals surface area contributed by atoms with E-state index in [1.165, 1.54) is 0 Å². The molecular formula is C8H8FNO3. The summed E-state index contributed by atoms with van der Waals surface area (Å²) in [5, 5.41) is 18.0. The topological polar surface area (TPSA) is 83.6 Å². The lowest BCUT2D eigenvalue weighted by Gasteiger charge is -2.03. The first-order valence-electron chi connectivity index (χ1n) is 3.51. The van der Waals surface area contributed by atoms with Gasteiger partial charge < -0.3 is 15.9 Å². The lowest BCUT2D eigenvalue weighted by molar-refractivity contribution is 0.0998. The van der Waals surface area contributed by atoms with Gasteiger partial charge in [0.15, 0.2) is 17.3 Å². The van der Waals surface area contributed by atoms with Crippen LogP contribution in [0.4, 0.5) is 4.39 Å². The van der Waals surface area contributed by atoms with Crippen LogP contribution in [0.1, 0.15) is 10.4 Å². The first-order chi connectivity index (χ1) is 6.06. The largest absolute Gasteiger partial charge is 0.507 e. The van der Waals surface area contributed by atoms with Crippen molar-refractivity contribution in [1.29, 1.82) is 0 Å². The first kappa shape index (κ1) is 9.47.